The second kappa shape index (κ2) is 5.85. The molecule has 0 saturated carbocycles. The number of nitrogens with zero attached hydrogens (tertiary/aromatic N) is 1. The van der Waals surface area contributed by atoms with Crippen LogP contribution in [0.5, 0.6) is 0 Å². The number of amides is 1. The van der Waals surface area contributed by atoms with Gasteiger partial charge in [0.15, 0.2) is 0 Å². The van der Waals surface area contributed by atoms with Crippen LogP contribution in [0.2, 0.25) is 0 Å². The van der Waals surface area contributed by atoms with Crippen LogP contribution in [0.1, 0.15) is 49.0 Å². The topological polar surface area (TPSA) is 49.8 Å². The van der Waals surface area contributed by atoms with Gasteiger partial charge in [0, 0.05) is 30.5 Å². The van der Waals surface area contributed by atoms with E-state index in [0.29, 0.717) is 24.0 Å². The lowest BCUT2D eigenvalue weighted by molar-refractivity contribution is 0.0593. The van der Waals surface area contributed by atoms with Crippen molar-refractivity contribution < 1.29 is 14.6 Å². The third-order valence-corrected chi connectivity index (χ3v) is 5.97. The second-order valence-corrected chi connectivity index (χ2v) is 8.34. The van der Waals surface area contributed by atoms with Crippen molar-refractivity contribution in [2.75, 3.05) is 13.1 Å². The number of rotatable bonds is 4. The van der Waals surface area contributed by atoms with E-state index in [4.69, 9.17) is 4.74 Å². The predicted molar refractivity (Wildman–Crippen MR) is 91.8 cm³/mol. The van der Waals surface area contributed by atoms with Gasteiger partial charge in [-0.15, -0.1) is 0 Å². The Morgan fingerprint density at radius 2 is 1.75 bits per heavy atom. The smallest absolute Gasteiger partial charge is 0.253 e. The fourth-order valence-corrected chi connectivity index (χ4v) is 4.57. The summed E-state index contributed by atoms with van der Waals surface area (Å²) in [5.74, 6) is 1.26. The molecule has 1 aromatic carbocycles. The quantitative estimate of drug-likeness (QED) is 0.924. The Morgan fingerprint density at radius 1 is 1.17 bits per heavy atom. The van der Waals surface area contributed by atoms with Crippen molar-refractivity contribution in [1.82, 2.24) is 4.90 Å². The maximum Gasteiger partial charge on any atom is 0.253 e. The van der Waals surface area contributed by atoms with Crippen LogP contribution < -0.4 is 0 Å². The molecule has 24 heavy (non-hydrogen) atoms. The van der Waals surface area contributed by atoms with Crippen LogP contribution in [0.3, 0.4) is 0 Å². The van der Waals surface area contributed by atoms with Crippen LogP contribution >= 0.6 is 0 Å². The van der Waals surface area contributed by atoms with Crippen LogP contribution in [-0.4, -0.2) is 46.8 Å². The summed E-state index contributed by atoms with van der Waals surface area (Å²) in [6.45, 7) is 5.36. The molecule has 4 atom stereocenters. The highest BCUT2D eigenvalue weighted by Crippen LogP contribution is 2.47. The van der Waals surface area contributed by atoms with E-state index in [1.54, 1.807) is 0 Å². The standard InChI is InChI=1S/C20H27NO3/c1-20(2,23)10-9-13-3-5-14(6-4-13)19(22)21-11-15-16(12-21)18-8-7-17(15)24-18/h3-6,15-18,23H,7-12H2,1-2H3/t15-,16+,17+,18-. The van der Waals surface area contributed by atoms with Crippen molar-refractivity contribution >= 4 is 5.91 Å². The van der Waals surface area contributed by atoms with E-state index in [1.165, 1.54) is 18.4 Å². The van der Waals surface area contributed by atoms with Crippen molar-refractivity contribution in [2.45, 2.75) is 57.3 Å². The van der Waals surface area contributed by atoms with Gasteiger partial charge in [-0.2, -0.15) is 0 Å². The minimum Gasteiger partial charge on any atom is -0.390 e. The molecule has 130 valence electrons. The van der Waals surface area contributed by atoms with Crippen LogP contribution in [0.4, 0.5) is 0 Å². The number of benzene rings is 1. The molecule has 0 unspecified atom stereocenters. The van der Waals surface area contributed by atoms with E-state index < -0.39 is 5.60 Å². The molecule has 3 aliphatic heterocycles. The number of hydrogen-bond acceptors (Lipinski definition) is 3. The van der Waals surface area contributed by atoms with Crippen LogP contribution in [0, 0.1) is 11.8 Å². The molecule has 4 rings (SSSR count). The molecule has 0 aromatic heterocycles. The van der Waals surface area contributed by atoms with Gasteiger partial charge in [-0.1, -0.05) is 12.1 Å². The Hall–Kier alpha value is -1.39. The summed E-state index contributed by atoms with van der Waals surface area (Å²) in [4.78, 5) is 14.8. The summed E-state index contributed by atoms with van der Waals surface area (Å²) in [5.41, 5.74) is 1.29. The zero-order valence-corrected chi connectivity index (χ0v) is 14.6. The molecule has 3 heterocycles. The van der Waals surface area contributed by atoms with Gasteiger partial charge < -0.3 is 14.7 Å². The molecule has 1 N–H and O–H groups in total. The van der Waals surface area contributed by atoms with Crippen LogP contribution in [0.15, 0.2) is 24.3 Å². The number of carbonyl (C=O) groups is 1. The maximum absolute atomic E-state index is 12.8. The average molecular weight is 329 g/mol. The van der Waals surface area contributed by atoms with Crippen molar-refractivity contribution in [2.24, 2.45) is 11.8 Å². The van der Waals surface area contributed by atoms with E-state index in [1.807, 2.05) is 43.0 Å². The zero-order valence-electron chi connectivity index (χ0n) is 14.6. The second-order valence-electron chi connectivity index (χ2n) is 8.34. The highest BCUT2D eigenvalue weighted by atomic mass is 16.5. The SMILES string of the molecule is CC(C)(O)CCc1ccc(C(=O)N2C[C@@H]3[C@H](C2)[C@H]2CC[C@@H]3O2)cc1. The van der Waals surface area contributed by atoms with Gasteiger partial charge >= 0.3 is 0 Å². The first-order chi connectivity index (χ1) is 11.4. The Kier molecular flexibility index (Phi) is 3.92. The van der Waals surface area contributed by atoms with Gasteiger partial charge in [-0.05, 0) is 57.2 Å². The normalized spacial score (nSPS) is 31.5. The molecule has 3 fully saturated rings. The third-order valence-electron chi connectivity index (χ3n) is 5.97. The van der Waals surface area contributed by atoms with Gasteiger partial charge in [0.25, 0.3) is 5.91 Å². The molecule has 2 bridgehead atoms. The first-order valence-electron chi connectivity index (χ1n) is 9.17. The van der Waals surface area contributed by atoms with E-state index in [-0.39, 0.29) is 5.91 Å². The summed E-state index contributed by atoms with van der Waals surface area (Å²) in [7, 11) is 0. The molecule has 4 nitrogen and oxygen atoms in total. The van der Waals surface area contributed by atoms with Crippen molar-refractivity contribution in [3.05, 3.63) is 35.4 Å². The summed E-state index contributed by atoms with van der Waals surface area (Å²) in [6, 6.07) is 7.90. The summed E-state index contributed by atoms with van der Waals surface area (Å²) >= 11 is 0. The zero-order chi connectivity index (χ0) is 16.9. The minimum absolute atomic E-state index is 0.151. The van der Waals surface area contributed by atoms with Gasteiger partial charge in [0.05, 0.1) is 17.8 Å². The van der Waals surface area contributed by atoms with Crippen LogP contribution in [-0.2, 0) is 11.2 Å². The molecule has 1 aromatic rings. The summed E-state index contributed by atoms with van der Waals surface area (Å²) in [6.07, 6.45) is 4.67. The summed E-state index contributed by atoms with van der Waals surface area (Å²) < 4.78 is 5.98. The monoisotopic (exact) mass is 329 g/mol. The molecule has 1 amide bonds. The van der Waals surface area contributed by atoms with Crippen molar-refractivity contribution in [3.8, 4) is 0 Å². The van der Waals surface area contributed by atoms with E-state index in [9.17, 15) is 9.90 Å². The van der Waals surface area contributed by atoms with E-state index in [2.05, 4.69) is 0 Å². The fraction of sp³-hybridized carbons (Fsp3) is 0.650. The average Bonchev–Trinajstić information content (AvgIpc) is 3.24. The number of aliphatic hydroxyl groups is 1. The number of carbonyl (C=O) groups excluding carboxylic acids is 1. The predicted octanol–water partition coefficient (Wildman–Crippen LogP) is 2.64. The summed E-state index contributed by atoms with van der Waals surface area (Å²) in [5, 5.41) is 9.82. The van der Waals surface area contributed by atoms with Gasteiger partial charge in [0.1, 0.15) is 0 Å². The first kappa shape index (κ1) is 16.1. The van der Waals surface area contributed by atoms with Gasteiger partial charge in [0.2, 0.25) is 0 Å². The number of ether oxygens (including phenoxy) is 1. The lowest BCUT2D eigenvalue weighted by Gasteiger charge is -2.19. The lowest BCUT2D eigenvalue weighted by Crippen LogP contribution is -2.31. The molecule has 0 aliphatic carbocycles. The molecule has 3 aliphatic rings. The largest absolute Gasteiger partial charge is 0.390 e. The number of fused-ring (bicyclic) bond motifs is 5. The number of hydrogen-bond donors (Lipinski definition) is 1. The van der Waals surface area contributed by atoms with Crippen molar-refractivity contribution in [3.63, 3.8) is 0 Å². The maximum atomic E-state index is 12.8. The molecule has 4 heteroatoms. The first-order valence-corrected chi connectivity index (χ1v) is 9.17. The molecule has 0 spiro atoms. The van der Waals surface area contributed by atoms with Gasteiger partial charge in [-0.25, -0.2) is 0 Å². The Balaban J connectivity index is 1.38. The molecule has 0 radical (unpaired) electrons. The number of likely N-dealkylation sites (tertiary alicyclic amines) is 1. The highest BCUT2D eigenvalue weighted by molar-refractivity contribution is 5.94. The Morgan fingerprint density at radius 3 is 2.29 bits per heavy atom. The third kappa shape index (κ3) is 2.98. The molecule has 3 saturated heterocycles. The Labute approximate surface area is 143 Å². The molecular weight excluding hydrogens is 302 g/mol. The highest BCUT2D eigenvalue weighted by Gasteiger charge is 2.53. The van der Waals surface area contributed by atoms with Crippen LogP contribution in [0.25, 0.3) is 0 Å². The van der Waals surface area contributed by atoms with Gasteiger partial charge in [-0.3, -0.25) is 4.79 Å². The van der Waals surface area contributed by atoms with Crippen molar-refractivity contribution in [1.29, 1.82) is 0 Å². The molecular formula is C20H27NO3. The van der Waals surface area contributed by atoms with E-state index >= 15 is 0 Å². The minimum atomic E-state index is -0.650. The lowest BCUT2D eigenvalue weighted by atomic mass is 9.82. The fourth-order valence-electron chi connectivity index (χ4n) is 4.57. The Bertz CT molecular complexity index is 601. The van der Waals surface area contributed by atoms with E-state index in [0.717, 1.165) is 31.5 Å². The number of aryl methyl sites for hydroxylation is 1.